The van der Waals surface area contributed by atoms with E-state index in [1.165, 1.54) is 22.0 Å². The molecule has 1 nitrogen and oxygen atoms in total. The quantitative estimate of drug-likeness (QED) is 0.659. The summed E-state index contributed by atoms with van der Waals surface area (Å²) >= 11 is 0. The van der Waals surface area contributed by atoms with E-state index in [9.17, 15) is 0 Å². The van der Waals surface area contributed by atoms with Crippen LogP contribution in [0.3, 0.4) is 0 Å². The summed E-state index contributed by atoms with van der Waals surface area (Å²) in [5.41, 5.74) is 2.60. The van der Waals surface area contributed by atoms with Crippen molar-refractivity contribution < 1.29 is 0 Å². The molecule has 0 aliphatic rings. The summed E-state index contributed by atoms with van der Waals surface area (Å²) in [6.07, 6.45) is 0. The lowest BCUT2D eigenvalue weighted by Gasteiger charge is -2.15. The number of aryl methyl sites for hydroxylation is 1. The normalized spacial score (nSPS) is 10.5. The molecule has 0 saturated carbocycles. The largest absolute Gasteiger partial charge is 0.377 e. The van der Waals surface area contributed by atoms with Gasteiger partial charge in [0.25, 0.3) is 0 Å². The van der Waals surface area contributed by atoms with E-state index in [1.54, 1.807) is 0 Å². The molecule has 14 heavy (non-hydrogen) atoms. The molecule has 0 saturated heterocycles. The van der Waals surface area contributed by atoms with Gasteiger partial charge in [-0.25, -0.2) is 0 Å². The Labute approximate surface area is 85.0 Å². The Morgan fingerprint density at radius 2 is 1.79 bits per heavy atom. The lowest BCUT2D eigenvalue weighted by atomic mass is 10.1. The zero-order valence-electron chi connectivity index (χ0n) is 8.91. The Kier molecular flexibility index (Phi) is 2.16. The summed E-state index contributed by atoms with van der Waals surface area (Å²) in [7, 11) is 4.16. The number of benzene rings is 2. The van der Waals surface area contributed by atoms with Crippen LogP contribution >= 0.6 is 0 Å². The highest BCUT2D eigenvalue weighted by Crippen LogP contribution is 2.25. The predicted molar refractivity (Wildman–Crippen MR) is 63.0 cm³/mol. The molecule has 2 aromatic carbocycles. The molecule has 0 amide bonds. The second-order valence-corrected chi connectivity index (χ2v) is 3.90. The van der Waals surface area contributed by atoms with E-state index in [2.05, 4.69) is 62.3 Å². The maximum absolute atomic E-state index is 2.24. The average molecular weight is 185 g/mol. The molecule has 0 aromatic heterocycles. The van der Waals surface area contributed by atoms with Crippen molar-refractivity contribution in [3.8, 4) is 0 Å². The molecule has 0 aliphatic carbocycles. The molecule has 1 heteroatoms. The fourth-order valence-corrected chi connectivity index (χ4v) is 1.76. The maximum atomic E-state index is 2.24. The third kappa shape index (κ3) is 1.46. The van der Waals surface area contributed by atoms with Crippen molar-refractivity contribution in [1.82, 2.24) is 0 Å². The van der Waals surface area contributed by atoms with Crippen molar-refractivity contribution in [2.45, 2.75) is 6.92 Å². The Morgan fingerprint density at radius 1 is 1.00 bits per heavy atom. The van der Waals surface area contributed by atoms with Gasteiger partial charge in [0.1, 0.15) is 0 Å². The molecule has 0 bridgehead atoms. The highest BCUT2D eigenvalue weighted by atomic mass is 15.1. The summed E-state index contributed by atoms with van der Waals surface area (Å²) in [4.78, 5) is 2.15. The van der Waals surface area contributed by atoms with Crippen molar-refractivity contribution in [1.29, 1.82) is 0 Å². The summed E-state index contributed by atoms with van der Waals surface area (Å²) in [5.74, 6) is 0. The first-order valence-corrected chi connectivity index (χ1v) is 4.85. The van der Waals surface area contributed by atoms with E-state index in [0.29, 0.717) is 0 Å². The van der Waals surface area contributed by atoms with Gasteiger partial charge in [0.05, 0.1) is 0 Å². The third-order valence-electron chi connectivity index (χ3n) is 2.50. The average Bonchev–Trinajstić information content (AvgIpc) is 2.16. The molecule has 0 fully saturated rings. The van der Waals surface area contributed by atoms with E-state index >= 15 is 0 Å². The van der Waals surface area contributed by atoms with Crippen molar-refractivity contribution in [3.05, 3.63) is 42.0 Å². The monoisotopic (exact) mass is 185 g/mol. The summed E-state index contributed by atoms with van der Waals surface area (Å²) < 4.78 is 0. The molecule has 0 spiro atoms. The van der Waals surface area contributed by atoms with E-state index in [-0.39, 0.29) is 0 Å². The molecule has 0 heterocycles. The second kappa shape index (κ2) is 3.33. The van der Waals surface area contributed by atoms with Gasteiger partial charge >= 0.3 is 0 Å². The Hall–Kier alpha value is -1.50. The topological polar surface area (TPSA) is 3.24 Å². The number of hydrogen-bond donors (Lipinski definition) is 0. The van der Waals surface area contributed by atoms with E-state index in [0.717, 1.165) is 0 Å². The van der Waals surface area contributed by atoms with Crippen LogP contribution in [0.4, 0.5) is 5.69 Å². The van der Waals surface area contributed by atoms with Gasteiger partial charge in [0, 0.05) is 25.2 Å². The van der Waals surface area contributed by atoms with Crippen molar-refractivity contribution in [3.63, 3.8) is 0 Å². The number of anilines is 1. The number of nitrogens with zero attached hydrogens (tertiary/aromatic N) is 1. The van der Waals surface area contributed by atoms with Crippen LogP contribution in [0.5, 0.6) is 0 Å². The second-order valence-electron chi connectivity index (χ2n) is 3.90. The van der Waals surface area contributed by atoms with Gasteiger partial charge < -0.3 is 4.90 Å². The summed E-state index contributed by atoms with van der Waals surface area (Å²) in [5, 5.41) is 2.64. The van der Waals surface area contributed by atoms with Crippen LogP contribution in [0.1, 0.15) is 5.56 Å². The Bertz CT molecular complexity index is 458. The summed E-state index contributed by atoms with van der Waals surface area (Å²) in [6.45, 7) is 2.13. The molecule has 2 rings (SSSR count). The SMILES string of the molecule is Cc1ccc2cccc(N(C)C)c2c1. The van der Waals surface area contributed by atoms with Crippen molar-refractivity contribution >= 4 is 16.5 Å². The number of hydrogen-bond acceptors (Lipinski definition) is 1. The molecule has 0 N–H and O–H groups in total. The van der Waals surface area contributed by atoms with E-state index < -0.39 is 0 Å². The Morgan fingerprint density at radius 3 is 2.50 bits per heavy atom. The first-order valence-electron chi connectivity index (χ1n) is 4.85. The first-order chi connectivity index (χ1) is 6.68. The molecule has 0 aliphatic heterocycles. The standard InChI is InChI=1S/C13H15N/c1-10-7-8-11-5-4-6-13(14(2)3)12(11)9-10/h4-9H,1-3H3. The molecular formula is C13H15N. The van der Waals surface area contributed by atoms with Crippen LogP contribution in [0.15, 0.2) is 36.4 Å². The van der Waals surface area contributed by atoms with Crippen LogP contribution in [0.2, 0.25) is 0 Å². The maximum Gasteiger partial charge on any atom is 0.0440 e. The summed E-state index contributed by atoms with van der Waals surface area (Å²) in [6, 6.07) is 13.0. The zero-order chi connectivity index (χ0) is 10.1. The molecule has 0 radical (unpaired) electrons. The van der Waals surface area contributed by atoms with Crippen LogP contribution in [0, 0.1) is 6.92 Å². The van der Waals surface area contributed by atoms with Gasteiger partial charge in [-0.1, -0.05) is 29.8 Å². The fraction of sp³-hybridized carbons (Fsp3) is 0.231. The van der Waals surface area contributed by atoms with Gasteiger partial charge in [0.2, 0.25) is 0 Å². The van der Waals surface area contributed by atoms with Gasteiger partial charge in [-0.2, -0.15) is 0 Å². The van der Waals surface area contributed by atoms with Gasteiger partial charge in [0.15, 0.2) is 0 Å². The van der Waals surface area contributed by atoms with Crippen LogP contribution in [-0.4, -0.2) is 14.1 Å². The minimum absolute atomic E-state index is 1.28. The third-order valence-corrected chi connectivity index (χ3v) is 2.50. The fourth-order valence-electron chi connectivity index (χ4n) is 1.76. The smallest absolute Gasteiger partial charge is 0.0440 e. The molecule has 2 aromatic rings. The van der Waals surface area contributed by atoms with Gasteiger partial charge in [-0.05, 0) is 24.4 Å². The predicted octanol–water partition coefficient (Wildman–Crippen LogP) is 3.21. The van der Waals surface area contributed by atoms with Crippen LogP contribution < -0.4 is 4.90 Å². The lowest BCUT2D eigenvalue weighted by molar-refractivity contribution is 1.14. The highest BCUT2D eigenvalue weighted by molar-refractivity contribution is 5.94. The molecule has 72 valence electrons. The van der Waals surface area contributed by atoms with E-state index in [1.807, 2.05) is 0 Å². The van der Waals surface area contributed by atoms with Crippen molar-refractivity contribution in [2.24, 2.45) is 0 Å². The lowest BCUT2D eigenvalue weighted by Crippen LogP contribution is -2.08. The van der Waals surface area contributed by atoms with Gasteiger partial charge in [-0.15, -0.1) is 0 Å². The number of rotatable bonds is 1. The minimum Gasteiger partial charge on any atom is -0.377 e. The van der Waals surface area contributed by atoms with Crippen LogP contribution in [0.25, 0.3) is 10.8 Å². The van der Waals surface area contributed by atoms with Crippen LogP contribution in [-0.2, 0) is 0 Å². The minimum atomic E-state index is 1.28. The molecule has 0 unspecified atom stereocenters. The highest BCUT2D eigenvalue weighted by Gasteiger charge is 2.01. The van der Waals surface area contributed by atoms with Crippen molar-refractivity contribution in [2.75, 3.05) is 19.0 Å². The zero-order valence-corrected chi connectivity index (χ0v) is 8.91. The van der Waals surface area contributed by atoms with Gasteiger partial charge in [-0.3, -0.25) is 0 Å². The first kappa shape index (κ1) is 9.07. The molecule has 0 atom stereocenters. The Balaban J connectivity index is 2.77. The molecular weight excluding hydrogens is 170 g/mol. The van der Waals surface area contributed by atoms with E-state index in [4.69, 9.17) is 0 Å². The number of fused-ring (bicyclic) bond motifs is 1.